The fourth-order valence-electron chi connectivity index (χ4n) is 2.62. The van der Waals surface area contributed by atoms with Crippen molar-refractivity contribution in [3.05, 3.63) is 35.4 Å². The Hall–Kier alpha value is -1.34. The molecule has 1 fully saturated rings. The average Bonchev–Trinajstić information content (AvgIpc) is 2.85. The van der Waals surface area contributed by atoms with Crippen molar-refractivity contribution in [2.75, 3.05) is 26.3 Å². The van der Waals surface area contributed by atoms with Crippen LogP contribution in [0.4, 0.5) is 0 Å². The van der Waals surface area contributed by atoms with Crippen LogP contribution < -0.4 is 0 Å². The van der Waals surface area contributed by atoms with Crippen LogP contribution >= 0.6 is 0 Å². The molecule has 1 aliphatic heterocycles. The van der Waals surface area contributed by atoms with Crippen LogP contribution in [0.15, 0.2) is 24.3 Å². The number of hydrogen-bond acceptors (Lipinski definition) is 3. The molecule has 0 bridgehead atoms. The minimum Gasteiger partial charge on any atom is -0.396 e. The first-order valence-electron chi connectivity index (χ1n) is 6.83. The highest BCUT2D eigenvalue weighted by Gasteiger charge is 2.21. The first-order valence-corrected chi connectivity index (χ1v) is 6.83. The van der Waals surface area contributed by atoms with Gasteiger partial charge in [-0.2, -0.15) is 0 Å². The van der Waals surface area contributed by atoms with Crippen molar-refractivity contribution in [1.29, 1.82) is 0 Å². The summed E-state index contributed by atoms with van der Waals surface area (Å²) in [7, 11) is 0. The number of nitrogens with zero attached hydrogens (tertiary/aromatic N) is 1. The van der Waals surface area contributed by atoms with E-state index in [9.17, 15) is 0 Å². The van der Waals surface area contributed by atoms with E-state index in [1.807, 2.05) is 12.1 Å². The third-order valence-electron chi connectivity index (χ3n) is 3.55. The lowest BCUT2D eigenvalue weighted by Crippen LogP contribution is -2.20. The molecule has 3 nitrogen and oxygen atoms in total. The number of likely N-dealkylation sites (tertiary alicyclic amines) is 1. The molecule has 0 aromatic heterocycles. The second kappa shape index (κ2) is 7.30. The monoisotopic (exact) mass is 259 g/mol. The van der Waals surface area contributed by atoms with Crippen LogP contribution in [0, 0.1) is 17.8 Å². The van der Waals surface area contributed by atoms with E-state index in [0.717, 1.165) is 31.6 Å². The van der Waals surface area contributed by atoms with Crippen molar-refractivity contribution in [3.63, 3.8) is 0 Å². The molecule has 2 rings (SSSR count). The van der Waals surface area contributed by atoms with Crippen molar-refractivity contribution in [2.24, 2.45) is 5.92 Å². The van der Waals surface area contributed by atoms with Crippen LogP contribution in [-0.2, 0) is 6.54 Å². The van der Waals surface area contributed by atoms with Crippen molar-refractivity contribution < 1.29 is 10.2 Å². The molecule has 1 aromatic rings. The van der Waals surface area contributed by atoms with Crippen LogP contribution in [0.25, 0.3) is 0 Å². The van der Waals surface area contributed by atoms with Crippen LogP contribution in [0.2, 0.25) is 0 Å². The van der Waals surface area contributed by atoms with Gasteiger partial charge in [-0.15, -0.1) is 0 Å². The maximum absolute atomic E-state index is 8.97. The molecule has 1 heterocycles. The van der Waals surface area contributed by atoms with E-state index < -0.39 is 0 Å². The van der Waals surface area contributed by atoms with Gasteiger partial charge in [0.2, 0.25) is 0 Å². The zero-order valence-corrected chi connectivity index (χ0v) is 11.2. The third-order valence-corrected chi connectivity index (χ3v) is 3.55. The molecule has 1 aromatic carbocycles. The van der Waals surface area contributed by atoms with Gasteiger partial charge < -0.3 is 10.2 Å². The van der Waals surface area contributed by atoms with Gasteiger partial charge in [0.15, 0.2) is 0 Å². The summed E-state index contributed by atoms with van der Waals surface area (Å²) in [6.45, 7) is 3.32. The van der Waals surface area contributed by atoms with Crippen molar-refractivity contribution in [3.8, 4) is 11.8 Å². The first-order chi connectivity index (χ1) is 9.31. The van der Waals surface area contributed by atoms with Gasteiger partial charge >= 0.3 is 0 Å². The molecule has 1 aliphatic rings. The summed E-state index contributed by atoms with van der Waals surface area (Å²) < 4.78 is 0. The summed E-state index contributed by atoms with van der Waals surface area (Å²) in [5.41, 5.74) is 2.21. The average molecular weight is 259 g/mol. The molecule has 1 saturated heterocycles. The minimum absolute atomic E-state index is 0.0980. The number of aliphatic hydroxyl groups is 2. The zero-order chi connectivity index (χ0) is 13.5. The molecule has 0 radical (unpaired) electrons. The molecule has 1 atom stereocenters. The molecule has 0 amide bonds. The Kier molecular flexibility index (Phi) is 5.41. The Morgan fingerprint density at radius 1 is 1.32 bits per heavy atom. The summed E-state index contributed by atoms with van der Waals surface area (Å²) in [5.74, 6) is 6.25. The van der Waals surface area contributed by atoms with Gasteiger partial charge in [0.25, 0.3) is 0 Å². The largest absolute Gasteiger partial charge is 0.396 e. The Bertz CT molecular complexity index is 461. The van der Waals surface area contributed by atoms with Gasteiger partial charge in [-0.1, -0.05) is 24.0 Å². The van der Waals surface area contributed by atoms with Crippen molar-refractivity contribution in [1.82, 2.24) is 4.90 Å². The highest BCUT2D eigenvalue weighted by Crippen LogP contribution is 2.21. The smallest absolute Gasteiger partial charge is 0.104 e. The molecule has 102 valence electrons. The molecule has 2 N–H and O–H groups in total. The lowest BCUT2D eigenvalue weighted by atomic mass is 10.1. The minimum atomic E-state index is -0.0980. The summed E-state index contributed by atoms with van der Waals surface area (Å²) in [6.07, 6.45) is 2.10. The second-order valence-corrected chi connectivity index (χ2v) is 5.06. The highest BCUT2D eigenvalue weighted by atomic mass is 16.3. The Balaban J connectivity index is 1.92. The molecule has 19 heavy (non-hydrogen) atoms. The number of benzene rings is 1. The van der Waals surface area contributed by atoms with E-state index in [-0.39, 0.29) is 6.61 Å². The van der Waals surface area contributed by atoms with Crippen molar-refractivity contribution in [2.45, 2.75) is 19.4 Å². The summed E-state index contributed by atoms with van der Waals surface area (Å²) in [5, 5.41) is 17.7. The van der Waals surface area contributed by atoms with Gasteiger partial charge in [-0.3, -0.25) is 4.90 Å². The van der Waals surface area contributed by atoms with Gasteiger partial charge in [0.1, 0.15) is 6.61 Å². The van der Waals surface area contributed by atoms with Crippen LogP contribution in [0.1, 0.15) is 24.0 Å². The third kappa shape index (κ3) is 4.36. The summed E-state index contributed by atoms with van der Waals surface area (Å²) in [4.78, 5) is 2.43. The Labute approximate surface area is 114 Å². The quantitative estimate of drug-likeness (QED) is 0.800. The molecule has 1 unspecified atom stereocenters. The Morgan fingerprint density at radius 3 is 3.00 bits per heavy atom. The van der Waals surface area contributed by atoms with Gasteiger partial charge in [0, 0.05) is 25.3 Å². The Morgan fingerprint density at radius 2 is 2.21 bits per heavy atom. The molecule has 0 spiro atoms. The fourth-order valence-corrected chi connectivity index (χ4v) is 2.62. The predicted octanol–water partition coefficient (Wildman–Crippen LogP) is 1.23. The number of aliphatic hydroxyl groups excluding tert-OH is 2. The van der Waals surface area contributed by atoms with E-state index in [4.69, 9.17) is 10.2 Å². The standard InChI is InChI=1S/C16H21NO2/c18-9-2-5-14-3-1-4-16(11-14)13-17-8-6-15(12-17)7-10-19/h1,3-4,11,15,18-19H,6-10,12-13H2. The summed E-state index contributed by atoms with van der Waals surface area (Å²) >= 11 is 0. The molecular formula is C16H21NO2. The highest BCUT2D eigenvalue weighted by molar-refractivity contribution is 5.37. The SMILES string of the molecule is OCC#Cc1cccc(CN2CCC(CCO)C2)c1. The van der Waals surface area contributed by atoms with Crippen LogP contribution in [-0.4, -0.2) is 41.4 Å². The predicted molar refractivity (Wildman–Crippen MR) is 75.5 cm³/mol. The molecule has 3 heteroatoms. The zero-order valence-electron chi connectivity index (χ0n) is 11.2. The fraction of sp³-hybridized carbons (Fsp3) is 0.500. The van der Waals surface area contributed by atoms with Gasteiger partial charge in [0.05, 0.1) is 0 Å². The maximum atomic E-state index is 8.97. The number of rotatable bonds is 4. The van der Waals surface area contributed by atoms with Gasteiger partial charge in [-0.25, -0.2) is 0 Å². The van der Waals surface area contributed by atoms with E-state index in [0.29, 0.717) is 12.5 Å². The first kappa shape index (κ1) is 14.1. The molecule has 0 saturated carbocycles. The lowest BCUT2D eigenvalue weighted by molar-refractivity contribution is 0.249. The van der Waals surface area contributed by atoms with Crippen molar-refractivity contribution >= 4 is 0 Å². The molecular weight excluding hydrogens is 238 g/mol. The lowest BCUT2D eigenvalue weighted by Gasteiger charge is -2.16. The normalized spacial score (nSPS) is 19.2. The topological polar surface area (TPSA) is 43.7 Å². The molecule has 0 aliphatic carbocycles. The maximum Gasteiger partial charge on any atom is 0.104 e. The van der Waals surface area contributed by atoms with Crippen LogP contribution in [0.5, 0.6) is 0 Å². The summed E-state index contributed by atoms with van der Waals surface area (Å²) in [6, 6.07) is 8.17. The number of hydrogen-bond donors (Lipinski definition) is 2. The van der Waals surface area contributed by atoms with Crippen LogP contribution in [0.3, 0.4) is 0 Å². The van der Waals surface area contributed by atoms with E-state index in [1.54, 1.807) is 0 Å². The van der Waals surface area contributed by atoms with E-state index in [1.165, 1.54) is 12.0 Å². The second-order valence-electron chi connectivity index (χ2n) is 5.06. The van der Waals surface area contributed by atoms with E-state index >= 15 is 0 Å². The van der Waals surface area contributed by atoms with E-state index in [2.05, 4.69) is 28.9 Å². The van der Waals surface area contributed by atoms with Gasteiger partial charge in [-0.05, 0) is 43.0 Å².